The van der Waals surface area contributed by atoms with Crippen LogP contribution in [-0.4, -0.2) is 35.5 Å². The molecule has 0 saturated carbocycles. The number of benzene rings is 1. The van der Waals surface area contributed by atoms with E-state index in [4.69, 9.17) is 0 Å². The number of likely N-dealkylation sites (N-methyl/N-ethyl adjacent to an activating group) is 1. The summed E-state index contributed by atoms with van der Waals surface area (Å²) >= 11 is 0. The molecule has 20 heavy (non-hydrogen) atoms. The van der Waals surface area contributed by atoms with E-state index in [0.29, 0.717) is 6.04 Å². The molecule has 1 saturated heterocycles. The normalized spacial score (nSPS) is 21.6. The number of hydrogen-bond donors (Lipinski definition) is 1. The molecule has 2 unspecified atom stereocenters. The zero-order valence-electron chi connectivity index (χ0n) is 12.2. The second kappa shape index (κ2) is 6.81. The first-order valence-electron chi connectivity index (χ1n) is 7.33. The van der Waals surface area contributed by atoms with Gasteiger partial charge in [-0.1, -0.05) is 19.1 Å². The van der Waals surface area contributed by atoms with E-state index in [0.717, 1.165) is 18.7 Å². The lowest BCUT2D eigenvalue weighted by molar-refractivity contribution is -0.384. The molecular formula is C15H23N3O2. The molecule has 5 heteroatoms. The van der Waals surface area contributed by atoms with E-state index in [-0.39, 0.29) is 16.7 Å². The molecule has 1 heterocycles. The minimum atomic E-state index is -0.338. The van der Waals surface area contributed by atoms with Crippen LogP contribution in [0.5, 0.6) is 0 Å². The summed E-state index contributed by atoms with van der Waals surface area (Å²) in [5.41, 5.74) is 1.14. The van der Waals surface area contributed by atoms with Crippen LogP contribution in [0.2, 0.25) is 0 Å². The molecule has 0 amide bonds. The topological polar surface area (TPSA) is 58.4 Å². The lowest BCUT2D eigenvalue weighted by Crippen LogP contribution is -2.46. The van der Waals surface area contributed by atoms with Gasteiger partial charge in [-0.15, -0.1) is 0 Å². The summed E-state index contributed by atoms with van der Waals surface area (Å²) in [6.07, 6.45) is 2.39. The number of nitrogens with one attached hydrogen (secondary N) is 1. The quantitative estimate of drug-likeness (QED) is 0.664. The van der Waals surface area contributed by atoms with Crippen LogP contribution in [0.1, 0.15) is 38.3 Å². The summed E-state index contributed by atoms with van der Waals surface area (Å²) in [6.45, 7) is 7.59. The fourth-order valence-corrected chi connectivity index (χ4v) is 2.84. The Morgan fingerprint density at radius 3 is 3.05 bits per heavy atom. The minimum absolute atomic E-state index is 0.136. The van der Waals surface area contributed by atoms with Crippen molar-refractivity contribution >= 4 is 5.69 Å². The minimum Gasteiger partial charge on any atom is -0.306 e. The lowest BCUT2D eigenvalue weighted by Gasteiger charge is -2.34. The van der Waals surface area contributed by atoms with Crippen molar-refractivity contribution in [2.45, 2.75) is 38.8 Å². The average Bonchev–Trinajstić information content (AvgIpc) is 2.47. The van der Waals surface area contributed by atoms with Gasteiger partial charge in [0.2, 0.25) is 0 Å². The van der Waals surface area contributed by atoms with Crippen LogP contribution in [-0.2, 0) is 0 Å². The van der Waals surface area contributed by atoms with Gasteiger partial charge in [0.15, 0.2) is 0 Å². The summed E-state index contributed by atoms with van der Waals surface area (Å²) < 4.78 is 0. The predicted octanol–water partition coefficient (Wildman–Crippen LogP) is 2.73. The molecule has 1 fully saturated rings. The Balaban J connectivity index is 1.99. The molecule has 0 bridgehead atoms. The molecule has 0 radical (unpaired) electrons. The SMILES string of the molecule is CCN1CCCC(NC(C)c2cccc([N+](=O)[O-])c2)C1. The molecule has 2 rings (SSSR count). The molecule has 1 aliphatic rings. The first-order chi connectivity index (χ1) is 9.60. The smallest absolute Gasteiger partial charge is 0.269 e. The van der Waals surface area contributed by atoms with Gasteiger partial charge in [-0.05, 0) is 38.4 Å². The van der Waals surface area contributed by atoms with Crippen LogP contribution in [0.15, 0.2) is 24.3 Å². The Morgan fingerprint density at radius 2 is 2.35 bits per heavy atom. The van der Waals surface area contributed by atoms with Crippen molar-refractivity contribution in [1.82, 2.24) is 10.2 Å². The maximum atomic E-state index is 10.8. The Bertz CT molecular complexity index is 464. The van der Waals surface area contributed by atoms with Crippen LogP contribution in [0.3, 0.4) is 0 Å². The molecule has 2 atom stereocenters. The molecule has 0 aromatic heterocycles. The third-order valence-electron chi connectivity index (χ3n) is 4.02. The predicted molar refractivity (Wildman–Crippen MR) is 79.8 cm³/mol. The number of rotatable bonds is 5. The maximum Gasteiger partial charge on any atom is 0.269 e. The molecule has 0 aliphatic carbocycles. The van der Waals surface area contributed by atoms with Crippen LogP contribution in [0, 0.1) is 10.1 Å². The number of nitro benzene ring substituents is 1. The average molecular weight is 277 g/mol. The van der Waals surface area contributed by atoms with E-state index in [1.165, 1.54) is 25.5 Å². The van der Waals surface area contributed by atoms with Gasteiger partial charge < -0.3 is 10.2 Å². The van der Waals surface area contributed by atoms with E-state index in [9.17, 15) is 10.1 Å². The van der Waals surface area contributed by atoms with Crippen LogP contribution in [0.25, 0.3) is 0 Å². The van der Waals surface area contributed by atoms with Crippen LogP contribution >= 0.6 is 0 Å². The van der Waals surface area contributed by atoms with Gasteiger partial charge in [0.1, 0.15) is 0 Å². The molecule has 5 nitrogen and oxygen atoms in total. The number of piperidine rings is 1. The largest absolute Gasteiger partial charge is 0.306 e. The molecule has 0 spiro atoms. The second-order valence-corrected chi connectivity index (χ2v) is 5.47. The number of non-ortho nitro benzene ring substituents is 1. The zero-order valence-corrected chi connectivity index (χ0v) is 12.2. The summed E-state index contributed by atoms with van der Waals surface area (Å²) in [5, 5.41) is 14.4. The summed E-state index contributed by atoms with van der Waals surface area (Å²) in [5.74, 6) is 0. The molecule has 1 aromatic rings. The standard InChI is InChI=1S/C15H23N3O2/c1-3-17-9-5-7-14(11-17)16-12(2)13-6-4-8-15(10-13)18(19)20/h4,6,8,10,12,14,16H,3,5,7,9,11H2,1-2H3. The number of hydrogen-bond acceptors (Lipinski definition) is 4. The van der Waals surface area contributed by atoms with Gasteiger partial charge >= 0.3 is 0 Å². The Morgan fingerprint density at radius 1 is 1.55 bits per heavy atom. The van der Waals surface area contributed by atoms with Crippen molar-refractivity contribution in [2.24, 2.45) is 0 Å². The highest BCUT2D eigenvalue weighted by atomic mass is 16.6. The molecule has 1 aromatic carbocycles. The molecule has 1 aliphatic heterocycles. The van der Waals surface area contributed by atoms with Gasteiger partial charge in [-0.3, -0.25) is 10.1 Å². The van der Waals surface area contributed by atoms with E-state index in [1.54, 1.807) is 12.1 Å². The lowest BCUT2D eigenvalue weighted by atomic mass is 10.0. The van der Waals surface area contributed by atoms with E-state index in [2.05, 4.69) is 24.1 Å². The van der Waals surface area contributed by atoms with Crippen molar-refractivity contribution in [3.63, 3.8) is 0 Å². The summed E-state index contributed by atoms with van der Waals surface area (Å²) in [6, 6.07) is 7.51. The zero-order chi connectivity index (χ0) is 14.5. The maximum absolute atomic E-state index is 10.8. The fourth-order valence-electron chi connectivity index (χ4n) is 2.84. The summed E-state index contributed by atoms with van der Waals surface area (Å²) in [7, 11) is 0. The number of likely N-dealkylation sites (tertiary alicyclic amines) is 1. The van der Waals surface area contributed by atoms with Crippen molar-refractivity contribution in [3.8, 4) is 0 Å². The first kappa shape index (κ1) is 14.9. The van der Waals surface area contributed by atoms with Gasteiger partial charge in [0.05, 0.1) is 4.92 Å². The van der Waals surface area contributed by atoms with Gasteiger partial charge in [0.25, 0.3) is 5.69 Å². The summed E-state index contributed by atoms with van der Waals surface area (Å²) in [4.78, 5) is 12.9. The molecular weight excluding hydrogens is 254 g/mol. The third-order valence-corrected chi connectivity index (χ3v) is 4.02. The third kappa shape index (κ3) is 3.77. The molecule has 1 N–H and O–H groups in total. The van der Waals surface area contributed by atoms with E-state index in [1.807, 2.05) is 6.07 Å². The van der Waals surface area contributed by atoms with Crippen molar-refractivity contribution in [3.05, 3.63) is 39.9 Å². The Hall–Kier alpha value is -1.46. The fraction of sp³-hybridized carbons (Fsp3) is 0.600. The van der Waals surface area contributed by atoms with Crippen molar-refractivity contribution in [1.29, 1.82) is 0 Å². The number of nitro groups is 1. The van der Waals surface area contributed by atoms with E-state index >= 15 is 0 Å². The Labute approximate surface area is 120 Å². The highest BCUT2D eigenvalue weighted by Gasteiger charge is 2.21. The second-order valence-electron chi connectivity index (χ2n) is 5.47. The van der Waals surface area contributed by atoms with E-state index < -0.39 is 0 Å². The van der Waals surface area contributed by atoms with Gasteiger partial charge in [-0.25, -0.2) is 0 Å². The van der Waals surface area contributed by atoms with Crippen LogP contribution in [0.4, 0.5) is 5.69 Å². The van der Waals surface area contributed by atoms with Gasteiger partial charge in [-0.2, -0.15) is 0 Å². The highest BCUT2D eigenvalue weighted by molar-refractivity contribution is 5.35. The van der Waals surface area contributed by atoms with Crippen LogP contribution < -0.4 is 5.32 Å². The first-order valence-corrected chi connectivity index (χ1v) is 7.33. The van der Waals surface area contributed by atoms with Crippen molar-refractivity contribution < 1.29 is 4.92 Å². The Kier molecular flexibility index (Phi) is 5.09. The highest BCUT2D eigenvalue weighted by Crippen LogP contribution is 2.21. The van der Waals surface area contributed by atoms with Gasteiger partial charge in [0, 0.05) is 30.8 Å². The number of nitrogens with zero attached hydrogens (tertiary/aromatic N) is 2. The monoisotopic (exact) mass is 277 g/mol. The van der Waals surface area contributed by atoms with Crippen molar-refractivity contribution in [2.75, 3.05) is 19.6 Å². The molecule has 110 valence electrons.